The van der Waals surface area contributed by atoms with E-state index >= 15 is 0 Å². The van der Waals surface area contributed by atoms with Crippen molar-refractivity contribution < 1.29 is 9.53 Å². The lowest BCUT2D eigenvalue weighted by Gasteiger charge is -2.25. The van der Waals surface area contributed by atoms with Crippen molar-refractivity contribution >= 4 is 5.91 Å². The number of methoxy groups -OCH3 is 1. The number of allylic oxidation sites excluding steroid dienone is 1. The summed E-state index contributed by atoms with van der Waals surface area (Å²) in [5.74, 6) is -0.144. The zero-order chi connectivity index (χ0) is 7.56. The number of hydrogen-bond donors (Lipinski definition) is 1. The van der Waals surface area contributed by atoms with Gasteiger partial charge in [0.1, 0.15) is 0 Å². The molecule has 0 unspecified atom stereocenters. The molecule has 3 nitrogen and oxygen atoms in total. The van der Waals surface area contributed by atoms with Gasteiger partial charge in [-0.1, -0.05) is 0 Å². The number of hydrogen-bond acceptors (Lipinski definition) is 2. The van der Waals surface area contributed by atoms with Crippen LogP contribution in [-0.2, 0) is 9.53 Å². The lowest BCUT2D eigenvalue weighted by Crippen LogP contribution is -2.30. The van der Waals surface area contributed by atoms with Crippen LogP contribution in [0.2, 0.25) is 0 Å². The Morgan fingerprint density at radius 3 is 2.80 bits per heavy atom. The average molecular weight is 141 g/mol. The number of amides is 1. The van der Waals surface area contributed by atoms with E-state index in [9.17, 15) is 4.79 Å². The van der Waals surface area contributed by atoms with E-state index in [0.717, 1.165) is 12.8 Å². The van der Waals surface area contributed by atoms with Gasteiger partial charge in [-0.3, -0.25) is 4.79 Å². The molecule has 0 spiro atoms. The van der Waals surface area contributed by atoms with Gasteiger partial charge in [0.05, 0.1) is 13.4 Å². The first-order chi connectivity index (χ1) is 4.74. The minimum Gasteiger partial charge on any atom is -0.504 e. The first-order valence-corrected chi connectivity index (χ1v) is 3.24. The first kappa shape index (κ1) is 7.12. The summed E-state index contributed by atoms with van der Waals surface area (Å²) in [6.07, 6.45) is 3.24. The van der Waals surface area contributed by atoms with Gasteiger partial charge in [-0.2, -0.15) is 0 Å². The molecule has 1 aliphatic rings. The highest BCUT2D eigenvalue weighted by molar-refractivity contribution is 5.78. The standard InChI is InChI=1S/C7H11NO2/c1-10-4-5-2-6(3-5)7(8)9/h4,6H,2-3H2,1H3,(H2,8,9). The smallest absolute Gasteiger partial charge is 0.221 e. The number of rotatable bonds is 2. The Bertz CT molecular complexity index is 166. The van der Waals surface area contributed by atoms with Crippen molar-refractivity contribution in [3.63, 3.8) is 0 Å². The van der Waals surface area contributed by atoms with Crippen LogP contribution >= 0.6 is 0 Å². The molecular formula is C7H11NO2. The second kappa shape index (κ2) is 2.73. The minimum atomic E-state index is -0.201. The van der Waals surface area contributed by atoms with Gasteiger partial charge >= 0.3 is 0 Å². The van der Waals surface area contributed by atoms with Crippen LogP contribution in [-0.4, -0.2) is 13.0 Å². The Kier molecular flexibility index (Phi) is 1.94. The molecule has 0 aromatic heterocycles. The summed E-state index contributed by atoms with van der Waals surface area (Å²) in [6.45, 7) is 0. The van der Waals surface area contributed by atoms with Crippen molar-refractivity contribution in [3.05, 3.63) is 11.8 Å². The molecule has 2 N–H and O–H groups in total. The molecule has 0 atom stereocenters. The molecule has 0 bridgehead atoms. The summed E-state index contributed by atoms with van der Waals surface area (Å²) in [6, 6.07) is 0. The van der Waals surface area contributed by atoms with Gasteiger partial charge in [-0.15, -0.1) is 0 Å². The van der Waals surface area contributed by atoms with Crippen LogP contribution in [0.4, 0.5) is 0 Å². The molecule has 1 aliphatic carbocycles. The van der Waals surface area contributed by atoms with E-state index in [-0.39, 0.29) is 11.8 Å². The monoisotopic (exact) mass is 141 g/mol. The van der Waals surface area contributed by atoms with Crippen molar-refractivity contribution in [1.29, 1.82) is 0 Å². The predicted molar refractivity (Wildman–Crippen MR) is 37.0 cm³/mol. The molecule has 0 aliphatic heterocycles. The van der Waals surface area contributed by atoms with Crippen molar-refractivity contribution in [2.45, 2.75) is 12.8 Å². The van der Waals surface area contributed by atoms with E-state index < -0.39 is 0 Å². The molecular weight excluding hydrogens is 130 g/mol. The second-order valence-corrected chi connectivity index (χ2v) is 2.52. The summed E-state index contributed by atoms with van der Waals surface area (Å²) >= 11 is 0. The highest BCUT2D eigenvalue weighted by Gasteiger charge is 2.27. The quantitative estimate of drug-likeness (QED) is 0.566. The Labute approximate surface area is 59.8 Å². The molecule has 56 valence electrons. The summed E-state index contributed by atoms with van der Waals surface area (Å²) in [7, 11) is 1.60. The van der Waals surface area contributed by atoms with Crippen molar-refractivity contribution in [2.75, 3.05) is 7.11 Å². The van der Waals surface area contributed by atoms with E-state index in [1.165, 1.54) is 5.57 Å². The SMILES string of the molecule is COC=C1CC(C(N)=O)C1. The maximum Gasteiger partial charge on any atom is 0.221 e. The van der Waals surface area contributed by atoms with E-state index in [1.54, 1.807) is 13.4 Å². The molecule has 3 heteroatoms. The lowest BCUT2D eigenvalue weighted by atomic mass is 9.80. The summed E-state index contributed by atoms with van der Waals surface area (Å²) < 4.78 is 4.76. The Morgan fingerprint density at radius 2 is 2.40 bits per heavy atom. The van der Waals surface area contributed by atoms with Crippen LogP contribution in [0.3, 0.4) is 0 Å². The van der Waals surface area contributed by atoms with Crippen molar-refractivity contribution in [3.8, 4) is 0 Å². The van der Waals surface area contributed by atoms with Crippen LogP contribution in [0.15, 0.2) is 11.8 Å². The fourth-order valence-corrected chi connectivity index (χ4v) is 1.04. The maximum atomic E-state index is 10.5. The third kappa shape index (κ3) is 1.29. The van der Waals surface area contributed by atoms with E-state index in [4.69, 9.17) is 10.5 Å². The highest BCUT2D eigenvalue weighted by atomic mass is 16.5. The van der Waals surface area contributed by atoms with Crippen LogP contribution in [0.5, 0.6) is 0 Å². The van der Waals surface area contributed by atoms with Crippen LogP contribution in [0.25, 0.3) is 0 Å². The highest BCUT2D eigenvalue weighted by Crippen LogP contribution is 2.32. The number of carbonyl (C=O) groups is 1. The zero-order valence-corrected chi connectivity index (χ0v) is 5.96. The molecule has 0 aromatic rings. The van der Waals surface area contributed by atoms with Gasteiger partial charge in [-0.25, -0.2) is 0 Å². The second-order valence-electron chi connectivity index (χ2n) is 2.52. The van der Waals surface area contributed by atoms with Gasteiger partial charge in [0.15, 0.2) is 0 Å². The topological polar surface area (TPSA) is 52.3 Å². The van der Waals surface area contributed by atoms with Crippen LogP contribution in [0.1, 0.15) is 12.8 Å². The Balaban J connectivity index is 2.30. The predicted octanol–water partition coefficient (Wildman–Crippen LogP) is 0.412. The molecule has 1 rings (SSSR count). The molecule has 0 saturated heterocycles. The first-order valence-electron chi connectivity index (χ1n) is 3.24. The molecule has 0 radical (unpaired) electrons. The average Bonchev–Trinajstić information content (AvgIpc) is 1.76. The summed E-state index contributed by atoms with van der Waals surface area (Å²) in [5, 5.41) is 0. The van der Waals surface area contributed by atoms with E-state index in [1.807, 2.05) is 0 Å². The van der Waals surface area contributed by atoms with E-state index in [2.05, 4.69) is 0 Å². The third-order valence-corrected chi connectivity index (χ3v) is 1.70. The Morgan fingerprint density at radius 1 is 1.80 bits per heavy atom. The fraction of sp³-hybridized carbons (Fsp3) is 0.571. The van der Waals surface area contributed by atoms with Gasteiger partial charge in [0, 0.05) is 5.92 Å². The number of primary amides is 1. The van der Waals surface area contributed by atoms with Gasteiger partial charge in [0.2, 0.25) is 5.91 Å². The van der Waals surface area contributed by atoms with Gasteiger partial charge in [0.25, 0.3) is 0 Å². The van der Waals surface area contributed by atoms with Gasteiger partial charge < -0.3 is 10.5 Å². The van der Waals surface area contributed by atoms with Crippen molar-refractivity contribution in [1.82, 2.24) is 0 Å². The lowest BCUT2D eigenvalue weighted by molar-refractivity contribution is -0.122. The zero-order valence-electron chi connectivity index (χ0n) is 5.96. The molecule has 1 amide bonds. The molecule has 1 fully saturated rings. The molecule has 0 heterocycles. The Hall–Kier alpha value is -0.990. The minimum absolute atomic E-state index is 0.0569. The third-order valence-electron chi connectivity index (χ3n) is 1.70. The molecule has 10 heavy (non-hydrogen) atoms. The largest absolute Gasteiger partial charge is 0.504 e. The number of carbonyl (C=O) groups excluding carboxylic acids is 1. The molecule has 0 aromatic carbocycles. The van der Waals surface area contributed by atoms with Crippen molar-refractivity contribution in [2.24, 2.45) is 11.7 Å². The van der Waals surface area contributed by atoms with E-state index in [0.29, 0.717) is 0 Å². The summed E-state index contributed by atoms with van der Waals surface area (Å²) in [5.41, 5.74) is 6.22. The number of ether oxygens (including phenoxy) is 1. The van der Waals surface area contributed by atoms with Crippen LogP contribution in [0, 0.1) is 5.92 Å². The summed E-state index contributed by atoms with van der Waals surface area (Å²) in [4.78, 5) is 10.5. The number of nitrogens with two attached hydrogens (primary N) is 1. The normalized spacial score (nSPS) is 23.3. The molecule has 1 saturated carbocycles. The fourth-order valence-electron chi connectivity index (χ4n) is 1.04. The van der Waals surface area contributed by atoms with Crippen LogP contribution < -0.4 is 5.73 Å². The van der Waals surface area contributed by atoms with Gasteiger partial charge in [-0.05, 0) is 18.4 Å². The maximum absolute atomic E-state index is 10.5.